The maximum Gasteiger partial charge on any atom is 0.192 e. The average Bonchev–Trinajstić information content (AvgIpc) is 2.42. The third-order valence-electron chi connectivity index (χ3n) is 6.14. The molecule has 0 aromatic heterocycles. The van der Waals surface area contributed by atoms with Crippen LogP contribution in [0.5, 0.6) is 0 Å². The summed E-state index contributed by atoms with van der Waals surface area (Å²) in [5.74, 6) is 0.242. The SMILES string of the molecule is C=C[C@@H](OC)[C@@H](O[Si](C)(C)C(C)(C)C)[C@H](C)CO[Si](C)(C)C(C)(C)C. The van der Waals surface area contributed by atoms with E-state index >= 15 is 0 Å². The van der Waals surface area contributed by atoms with E-state index in [1.54, 1.807) is 7.11 Å². The van der Waals surface area contributed by atoms with Crippen LogP contribution in [0.4, 0.5) is 0 Å². The molecule has 0 saturated carbocycles. The summed E-state index contributed by atoms with van der Waals surface area (Å²) in [7, 11) is -1.95. The molecule has 0 bridgehead atoms. The Morgan fingerprint density at radius 3 is 1.68 bits per heavy atom. The van der Waals surface area contributed by atoms with Gasteiger partial charge in [0.1, 0.15) is 6.10 Å². The molecule has 0 saturated heterocycles. The van der Waals surface area contributed by atoms with Crippen LogP contribution in [0, 0.1) is 5.92 Å². The molecule has 0 aliphatic rings. The lowest BCUT2D eigenvalue weighted by molar-refractivity contribution is -0.0158. The van der Waals surface area contributed by atoms with Crippen LogP contribution in [0.15, 0.2) is 12.7 Å². The second-order valence-electron chi connectivity index (χ2n) is 10.3. The second kappa shape index (κ2) is 8.83. The van der Waals surface area contributed by atoms with Crippen molar-refractivity contribution in [2.45, 2.75) is 96.9 Å². The Balaban J connectivity index is 5.33. The molecular weight excluding hydrogens is 344 g/mol. The number of rotatable bonds is 9. The van der Waals surface area contributed by atoms with Gasteiger partial charge in [0.15, 0.2) is 16.6 Å². The van der Waals surface area contributed by atoms with Gasteiger partial charge in [0, 0.05) is 19.6 Å². The molecule has 5 heteroatoms. The molecule has 0 amide bonds. The fourth-order valence-corrected chi connectivity index (χ4v) is 4.55. The van der Waals surface area contributed by atoms with Crippen molar-refractivity contribution in [3.63, 3.8) is 0 Å². The highest BCUT2D eigenvalue weighted by Crippen LogP contribution is 2.40. The number of methoxy groups -OCH3 is 1. The van der Waals surface area contributed by atoms with E-state index in [9.17, 15) is 0 Å². The molecule has 0 aromatic carbocycles. The zero-order valence-corrected chi connectivity index (χ0v) is 20.9. The molecule has 0 radical (unpaired) electrons. The van der Waals surface area contributed by atoms with Crippen LogP contribution in [0.1, 0.15) is 48.5 Å². The summed E-state index contributed by atoms with van der Waals surface area (Å²) >= 11 is 0. The lowest BCUT2D eigenvalue weighted by Crippen LogP contribution is -2.51. The maximum absolute atomic E-state index is 6.74. The minimum Gasteiger partial charge on any atom is -0.416 e. The Labute approximate surface area is 159 Å². The van der Waals surface area contributed by atoms with E-state index in [0.29, 0.717) is 6.61 Å². The van der Waals surface area contributed by atoms with Gasteiger partial charge in [-0.3, -0.25) is 0 Å². The fraction of sp³-hybridized carbons (Fsp3) is 0.900. The van der Waals surface area contributed by atoms with Gasteiger partial charge in [0.2, 0.25) is 0 Å². The molecule has 0 spiro atoms. The molecule has 0 unspecified atom stereocenters. The molecule has 0 aliphatic carbocycles. The summed E-state index contributed by atoms with van der Waals surface area (Å²) in [6.07, 6.45) is 1.71. The molecular formula is C20H44O3Si2. The van der Waals surface area contributed by atoms with E-state index in [1.165, 1.54) is 0 Å². The van der Waals surface area contributed by atoms with Gasteiger partial charge in [-0.15, -0.1) is 6.58 Å². The summed E-state index contributed by atoms with van der Waals surface area (Å²) in [5, 5.41) is 0.367. The van der Waals surface area contributed by atoms with Crippen molar-refractivity contribution >= 4 is 16.6 Å². The van der Waals surface area contributed by atoms with Gasteiger partial charge in [0.05, 0.1) is 6.10 Å². The van der Waals surface area contributed by atoms with E-state index in [1.807, 2.05) is 6.08 Å². The van der Waals surface area contributed by atoms with E-state index in [-0.39, 0.29) is 28.2 Å². The van der Waals surface area contributed by atoms with Gasteiger partial charge >= 0.3 is 0 Å². The van der Waals surface area contributed by atoms with E-state index in [2.05, 4.69) is 81.2 Å². The molecule has 25 heavy (non-hydrogen) atoms. The zero-order chi connectivity index (χ0) is 20.3. The Hall–Kier alpha value is 0.0538. The number of hydrogen-bond donors (Lipinski definition) is 0. The van der Waals surface area contributed by atoms with Crippen LogP contribution in [-0.4, -0.2) is 42.6 Å². The van der Waals surface area contributed by atoms with Crippen LogP contribution >= 0.6 is 0 Å². The molecule has 150 valence electrons. The first-order valence-electron chi connectivity index (χ1n) is 9.47. The third-order valence-corrected chi connectivity index (χ3v) is 15.1. The molecule has 3 atom stereocenters. The highest BCUT2D eigenvalue weighted by Gasteiger charge is 2.43. The Morgan fingerprint density at radius 2 is 1.36 bits per heavy atom. The summed E-state index contributed by atoms with van der Waals surface area (Å²) in [6, 6.07) is 0. The van der Waals surface area contributed by atoms with Crippen LogP contribution < -0.4 is 0 Å². The third kappa shape index (κ3) is 6.94. The molecule has 0 rings (SSSR count). The Morgan fingerprint density at radius 1 is 0.920 bits per heavy atom. The molecule has 0 aliphatic heterocycles. The lowest BCUT2D eigenvalue weighted by Gasteiger charge is -2.43. The molecule has 0 aromatic rings. The highest BCUT2D eigenvalue weighted by molar-refractivity contribution is 6.74. The van der Waals surface area contributed by atoms with Gasteiger partial charge < -0.3 is 13.6 Å². The van der Waals surface area contributed by atoms with Crippen molar-refractivity contribution in [1.82, 2.24) is 0 Å². The lowest BCUT2D eigenvalue weighted by atomic mass is 10.0. The number of hydrogen-bond acceptors (Lipinski definition) is 3. The molecule has 0 heterocycles. The Bertz CT molecular complexity index is 420. The molecule has 3 nitrogen and oxygen atoms in total. The van der Waals surface area contributed by atoms with E-state index < -0.39 is 16.6 Å². The molecule has 0 N–H and O–H groups in total. The number of ether oxygens (including phenoxy) is 1. The summed E-state index contributed by atoms with van der Waals surface area (Å²) < 4.78 is 18.9. The smallest absolute Gasteiger partial charge is 0.192 e. The van der Waals surface area contributed by atoms with Crippen LogP contribution in [-0.2, 0) is 13.6 Å². The highest BCUT2D eigenvalue weighted by atomic mass is 28.4. The van der Waals surface area contributed by atoms with Crippen molar-refractivity contribution < 1.29 is 13.6 Å². The first kappa shape index (κ1) is 25.1. The van der Waals surface area contributed by atoms with Gasteiger partial charge in [-0.1, -0.05) is 54.5 Å². The van der Waals surface area contributed by atoms with Gasteiger partial charge in [-0.2, -0.15) is 0 Å². The van der Waals surface area contributed by atoms with Gasteiger partial charge in [-0.05, 0) is 36.3 Å². The van der Waals surface area contributed by atoms with E-state index in [0.717, 1.165) is 0 Å². The minimum absolute atomic E-state index is 0.0341. The maximum atomic E-state index is 6.74. The average molecular weight is 389 g/mol. The quantitative estimate of drug-likeness (QED) is 0.346. The standard InChI is InChI=1S/C20H44O3Si2/c1-14-17(21-9)18(23-25(12,13)20(6,7)8)16(2)15-22-24(10,11)19(3,4)5/h14,16-18H,1,15H2,2-13H3/t16-,17-,18+/m1/s1. The first-order chi connectivity index (χ1) is 11.0. The fourth-order valence-electron chi connectivity index (χ4n) is 2.04. The van der Waals surface area contributed by atoms with Crippen LogP contribution in [0.25, 0.3) is 0 Å². The molecule has 0 fully saturated rings. The van der Waals surface area contributed by atoms with Crippen molar-refractivity contribution in [3.05, 3.63) is 12.7 Å². The Kier molecular flexibility index (Phi) is 8.85. The van der Waals surface area contributed by atoms with Crippen molar-refractivity contribution in [1.29, 1.82) is 0 Å². The summed E-state index contributed by atoms with van der Waals surface area (Å²) in [5.41, 5.74) is 0. The zero-order valence-electron chi connectivity index (χ0n) is 18.9. The largest absolute Gasteiger partial charge is 0.416 e. The van der Waals surface area contributed by atoms with Crippen LogP contribution in [0.3, 0.4) is 0 Å². The topological polar surface area (TPSA) is 27.7 Å². The first-order valence-corrected chi connectivity index (χ1v) is 15.3. The van der Waals surface area contributed by atoms with Gasteiger partial charge in [0.25, 0.3) is 0 Å². The predicted octanol–water partition coefficient (Wildman–Crippen LogP) is 6.24. The predicted molar refractivity (Wildman–Crippen MR) is 115 cm³/mol. The minimum atomic E-state index is -1.91. The van der Waals surface area contributed by atoms with E-state index in [4.69, 9.17) is 13.6 Å². The van der Waals surface area contributed by atoms with Crippen molar-refractivity contribution in [2.24, 2.45) is 5.92 Å². The summed E-state index contributed by atoms with van der Waals surface area (Å²) in [6.45, 7) is 29.7. The normalized spacial score (nSPS) is 17.9. The monoisotopic (exact) mass is 388 g/mol. The van der Waals surface area contributed by atoms with Crippen molar-refractivity contribution in [2.75, 3.05) is 13.7 Å². The second-order valence-corrected chi connectivity index (χ2v) is 19.9. The summed E-state index contributed by atoms with van der Waals surface area (Å²) in [4.78, 5) is 0. The van der Waals surface area contributed by atoms with Gasteiger partial charge in [-0.25, -0.2) is 0 Å². The van der Waals surface area contributed by atoms with Crippen molar-refractivity contribution in [3.8, 4) is 0 Å². The van der Waals surface area contributed by atoms with Crippen LogP contribution in [0.2, 0.25) is 36.3 Å².